The molecule has 0 unspecified atom stereocenters. The summed E-state index contributed by atoms with van der Waals surface area (Å²) >= 11 is 0. The van der Waals surface area contributed by atoms with Crippen LogP contribution < -0.4 is 21.9 Å². The number of nitrogens with two attached hydrogens (primary N) is 1. The zero-order valence-electron chi connectivity index (χ0n) is 17.1. The molecule has 158 valence electrons. The quantitative estimate of drug-likeness (QED) is 0.446. The number of rotatable bonds is 6. The Morgan fingerprint density at radius 1 is 1.06 bits per heavy atom. The number of anilines is 2. The number of nitrogen functional groups attached to an aromatic ring is 1. The van der Waals surface area contributed by atoms with Crippen LogP contribution in [0.3, 0.4) is 0 Å². The van der Waals surface area contributed by atoms with Crippen molar-refractivity contribution in [2.45, 2.75) is 19.9 Å². The molecule has 4 aromatic rings. The van der Waals surface area contributed by atoms with Crippen molar-refractivity contribution in [1.82, 2.24) is 14.5 Å². The second kappa shape index (κ2) is 8.35. The SMILES string of the molecule is CCN(C(=O)Cc1c[nH]c2ccccc12)c1c(N)n(Cc2ccccc2)c(=O)[nH]c1=O. The highest BCUT2D eigenvalue weighted by Gasteiger charge is 2.24. The van der Waals surface area contributed by atoms with E-state index in [1.54, 1.807) is 13.1 Å². The van der Waals surface area contributed by atoms with Crippen LogP contribution in [0.25, 0.3) is 10.9 Å². The van der Waals surface area contributed by atoms with Crippen LogP contribution in [0.15, 0.2) is 70.4 Å². The van der Waals surface area contributed by atoms with Crippen molar-refractivity contribution in [3.8, 4) is 0 Å². The van der Waals surface area contributed by atoms with Gasteiger partial charge in [-0.3, -0.25) is 19.1 Å². The molecule has 8 heteroatoms. The number of carbonyl (C=O) groups is 1. The number of hydrogen-bond acceptors (Lipinski definition) is 4. The van der Waals surface area contributed by atoms with Gasteiger partial charge in [-0.15, -0.1) is 0 Å². The number of aromatic amines is 2. The fourth-order valence-electron chi connectivity index (χ4n) is 3.76. The van der Waals surface area contributed by atoms with Gasteiger partial charge < -0.3 is 15.6 Å². The Morgan fingerprint density at radius 2 is 1.77 bits per heavy atom. The summed E-state index contributed by atoms with van der Waals surface area (Å²) in [6.45, 7) is 2.18. The first-order valence-electron chi connectivity index (χ1n) is 10.0. The van der Waals surface area contributed by atoms with Crippen LogP contribution in [-0.4, -0.2) is 27.0 Å². The van der Waals surface area contributed by atoms with E-state index in [-0.39, 0.29) is 36.9 Å². The fourth-order valence-corrected chi connectivity index (χ4v) is 3.76. The van der Waals surface area contributed by atoms with Crippen molar-refractivity contribution >= 4 is 28.3 Å². The molecule has 4 rings (SSSR count). The first kappa shape index (κ1) is 20.2. The number of H-pyrrole nitrogens is 2. The van der Waals surface area contributed by atoms with Crippen molar-refractivity contribution in [3.05, 3.63) is 92.8 Å². The predicted molar refractivity (Wildman–Crippen MR) is 121 cm³/mol. The van der Waals surface area contributed by atoms with Gasteiger partial charge in [-0.05, 0) is 24.1 Å². The fraction of sp³-hybridized carbons (Fsp3) is 0.174. The van der Waals surface area contributed by atoms with Gasteiger partial charge >= 0.3 is 5.69 Å². The minimum absolute atomic E-state index is 0.0112. The van der Waals surface area contributed by atoms with Gasteiger partial charge in [0.2, 0.25) is 5.91 Å². The maximum atomic E-state index is 13.2. The number of aromatic nitrogens is 3. The van der Waals surface area contributed by atoms with Gasteiger partial charge in [-0.2, -0.15) is 0 Å². The minimum Gasteiger partial charge on any atom is -0.383 e. The number of carbonyl (C=O) groups excluding carboxylic acids is 1. The molecule has 8 nitrogen and oxygen atoms in total. The molecule has 1 amide bonds. The van der Waals surface area contributed by atoms with Gasteiger partial charge in [0, 0.05) is 23.6 Å². The van der Waals surface area contributed by atoms with Crippen molar-refractivity contribution < 1.29 is 4.79 Å². The van der Waals surface area contributed by atoms with Gasteiger partial charge in [0.1, 0.15) is 5.82 Å². The second-order valence-corrected chi connectivity index (χ2v) is 7.24. The van der Waals surface area contributed by atoms with Crippen molar-refractivity contribution in [2.75, 3.05) is 17.2 Å². The molecule has 0 aliphatic heterocycles. The molecule has 2 aromatic carbocycles. The molecule has 2 heterocycles. The number of para-hydroxylation sites is 1. The second-order valence-electron chi connectivity index (χ2n) is 7.24. The van der Waals surface area contributed by atoms with E-state index in [9.17, 15) is 14.4 Å². The van der Waals surface area contributed by atoms with E-state index in [4.69, 9.17) is 5.73 Å². The number of hydrogen-bond donors (Lipinski definition) is 3. The lowest BCUT2D eigenvalue weighted by Crippen LogP contribution is -2.41. The molecular weight excluding hydrogens is 394 g/mol. The van der Waals surface area contributed by atoms with Crippen LogP contribution in [0.2, 0.25) is 0 Å². The summed E-state index contributed by atoms with van der Waals surface area (Å²) in [4.78, 5) is 45.0. The minimum atomic E-state index is -0.680. The van der Waals surface area contributed by atoms with E-state index >= 15 is 0 Å². The van der Waals surface area contributed by atoms with Crippen LogP contribution in [-0.2, 0) is 17.8 Å². The van der Waals surface area contributed by atoms with E-state index in [1.807, 2.05) is 54.6 Å². The van der Waals surface area contributed by atoms with E-state index < -0.39 is 11.2 Å². The third-order valence-corrected chi connectivity index (χ3v) is 5.30. The highest BCUT2D eigenvalue weighted by Crippen LogP contribution is 2.22. The van der Waals surface area contributed by atoms with E-state index in [0.717, 1.165) is 22.0 Å². The van der Waals surface area contributed by atoms with Crippen LogP contribution in [0.1, 0.15) is 18.1 Å². The van der Waals surface area contributed by atoms with Crippen molar-refractivity contribution in [2.24, 2.45) is 0 Å². The van der Waals surface area contributed by atoms with Crippen LogP contribution in [0, 0.1) is 0 Å². The van der Waals surface area contributed by atoms with Gasteiger partial charge in [0.15, 0.2) is 5.69 Å². The van der Waals surface area contributed by atoms with E-state index in [0.29, 0.717) is 0 Å². The molecule has 0 spiro atoms. The van der Waals surface area contributed by atoms with Crippen LogP contribution in [0.4, 0.5) is 11.5 Å². The van der Waals surface area contributed by atoms with Crippen LogP contribution in [0.5, 0.6) is 0 Å². The number of amides is 1. The van der Waals surface area contributed by atoms with E-state index in [2.05, 4.69) is 9.97 Å². The Labute approximate surface area is 177 Å². The average Bonchev–Trinajstić information content (AvgIpc) is 3.17. The normalized spacial score (nSPS) is 11.0. The summed E-state index contributed by atoms with van der Waals surface area (Å²) in [6, 6.07) is 17.0. The van der Waals surface area contributed by atoms with Gasteiger partial charge in [-0.25, -0.2) is 4.79 Å². The summed E-state index contributed by atoms with van der Waals surface area (Å²) in [5.41, 5.74) is 7.56. The molecular formula is C23H23N5O3. The summed E-state index contributed by atoms with van der Waals surface area (Å²) in [7, 11) is 0. The highest BCUT2D eigenvalue weighted by atomic mass is 16.2. The molecule has 0 fully saturated rings. The van der Waals surface area contributed by atoms with E-state index in [1.165, 1.54) is 9.47 Å². The van der Waals surface area contributed by atoms with Crippen molar-refractivity contribution in [1.29, 1.82) is 0 Å². The van der Waals surface area contributed by atoms with Gasteiger partial charge in [0.25, 0.3) is 5.56 Å². The molecule has 0 bridgehead atoms. The number of likely N-dealkylation sites (N-methyl/N-ethyl adjacent to an activating group) is 1. The lowest BCUT2D eigenvalue weighted by molar-refractivity contribution is -0.117. The van der Waals surface area contributed by atoms with Gasteiger partial charge in [0.05, 0.1) is 13.0 Å². The Balaban J connectivity index is 1.70. The lowest BCUT2D eigenvalue weighted by atomic mass is 10.1. The molecule has 4 N–H and O–H groups in total. The Kier molecular flexibility index (Phi) is 5.44. The Hall–Kier alpha value is -4.07. The smallest absolute Gasteiger partial charge is 0.330 e. The first-order chi connectivity index (χ1) is 15.0. The largest absolute Gasteiger partial charge is 0.383 e. The number of nitrogens with zero attached hydrogens (tertiary/aromatic N) is 2. The average molecular weight is 417 g/mol. The molecule has 0 atom stereocenters. The molecule has 0 aliphatic rings. The highest BCUT2D eigenvalue weighted by molar-refractivity contribution is 5.99. The topological polar surface area (TPSA) is 117 Å². The summed E-state index contributed by atoms with van der Waals surface area (Å²) in [6.07, 6.45) is 1.88. The van der Waals surface area contributed by atoms with Crippen LogP contribution >= 0.6 is 0 Å². The summed E-state index contributed by atoms with van der Waals surface area (Å²) in [5, 5.41) is 0.947. The first-order valence-corrected chi connectivity index (χ1v) is 10.0. The zero-order valence-corrected chi connectivity index (χ0v) is 17.1. The molecule has 2 aromatic heterocycles. The molecule has 0 saturated carbocycles. The Morgan fingerprint density at radius 3 is 2.52 bits per heavy atom. The van der Waals surface area contributed by atoms with Gasteiger partial charge in [-0.1, -0.05) is 48.5 Å². The standard InChI is InChI=1S/C23H23N5O3/c1-2-27(19(29)12-16-13-25-18-11-7-6-10-17(16)18)20-21(24)28(23(31)26-22(20)30)14-15-8-4-3-5-9-15/h3-11,13,25H,2,12,14,24H2,1H3,(H,26,30,31). The number of benzene rings is 2. The summed E-state index contributed by atoms with van der Waals surface area (Å²) in [5.74, 6) is -0.318. The maximum Gasteiger partial charge on any atom is 0.330 e. The Bertz CT molecular complexity index is 1350. The third-order valence-electron chi connectivity index (χ3n) is 5.30. The number of fused-ring (bicyclic) bond motifs is 1. The maximum absolute atomic E-state index is 13.2. The molecule has 0 radical (unpaired) electrons. The number of nitrogens with one attached hydrogen (secondary N) is 2. The zero-order chi connectivity index (χ0) is 22.0. The molecule has 31 heavy (non-hydrogen) atoms. The lowest BCUT2D eigenvalue weighted by Gasteiger charge is -2.23. The molecule has 0 aliphatic carbocycles. The third kappa shape index (κ3) is 3.87. The monoisotopic (exact) mass is 417 g/mol. The predicted octanol–water partition coefficient (Wildman–Crippen LogP) is 2.24. The van der Waals surface area contributed by atoms with Crippen molar-refractivity contribution in [3.63, 3.8) is 0 Å². The molecule has 0 saturated heterocycles. The summed E-state index contributed by atoms with van der Waals surface area (Å²) < 4.78 is 1.27.